The van der Waals surface area contributed by atoms with Crippen molar-refractivity contribution in [2.75, 3.05) is 5.73 Å². The van der Waals surface area contributed by atoms with Crippen molar-refractivity contribution in [2.45, 2.75) is 50.1 Å². The van der Waals surface area contributed by atoms with Crippen LogP contribution in [0.1, 0.15) is 33.6 Å². The maximum absolute atomic E-state index is 12.0. The van der Waals surface area contributed by atoms with Gasteiger partial charge < -0.3 is 16.0 Å². The number of H-pyrrole nitrogens is 1. The number of nitrogens with zero attached hydrogens (tertiary/aromatic N) is 1. The Hall–Kier alpha value is -1.50. The Bertz CT molecular complexity index is 485. The fourth-order valence-corrected chi connectivity index (χ4v) is 2.37. The highest BCUT2D eigenvalue weighted by Gasteiger charge is 2.18. The van der Waals surface area contributed by atoms with Crippen molar-refractivity contribution in [1.82, 2.24) is 15.3 Å². The van der Waals surface area contributed by atoms with Gasteiger partial charge in [-0.25, -0.2) is 4.98 Å². The van der Waals surface area contributed by atoms with E-state index in [1.807, 2.05) is 13.8 Å². The summed E-state index contributed by atoms with van der Waals surface area (Å²) in [6.45, 7) is 5.83. The molecule has 0 aliphatic rings. The number of nitrogen functional groups attached to an aromatic ring is 1. The lowest BCUT2D eigenvalue weighted by molar-refractivity contribution is -0.121. The number of hydrogen-bond donors (Lipinski definition) is 3. The van der Waals surface area contributed by atoms with Gasteiger partial charge in [0.1, 0.15) is 5.82 Å². The molecule has 0 spiro atoms. The Morgan fingerprint density at radius 1 is 1.53 bits per heavy atom. The van der Waals surface area contributed by atoms with Gasteiger partial charge in [0.15, 0.2) is 5.16 Å². The van der Waals surface area contributed by atoms with Crippen LogP contribution in [-0.4, -0.2) is 27.2 Å². The maximum Gasteiger partial charge on any atom is 0.253 e. The van der Waals surface area contributed by atoms with E-state index in [-0.39, 0.29) is 28.6 Å². The molecule has 0 aliphatic carbocycles. The monoisotopic (exact) mass is 284 g/mol. The molecule has 1 aromatic heterocycles. The fourth-order valence-electron chi connectivity index (χ4n) is 1.54. The Kier molecular flexibility index (Phi) is 5.88. The van der Waals surface area contributed by atoms with E-state index in [0.29, 0.717) is 5.16 Å². The molecule has 0 bridgehead atoms. The number of rotatable bonds is 6. The Balaban J connectivity index is 2.65. The Labute approximate surface area is 116 Å². The van der Waals surface area contributed by atoms with Crippen LogP contribution in [0.4, 0.5) is 5.82 Å². The van der Waals surface area contributed by atoms with Crippen LogP contribution in [0.3, 0.4) is 0 Å². The van der Waals surface area contributed by atoms with Crippen molar-refractivity contribution >= 4 is 23.5 Å². The van der Waals surface area contributed by atoms with Gasteiger partial charge in [-0.2, -0.15) is 0 Å². The number of amides is 1. The quantitative estimate of drug-likeness (QED) is 0.537. The number of thioether (sulfide) groups is 1. The molecule has 6 nitrogen and oxygen atoms in total. The average molecular weight is 284 g/mol. The number of hydrogen-bond acceptors (Lipinski definition) is 5. The number of anilines is 1. The smallest absolute Gasteiger partial charge is 0.253 e. The second-order valence-electron chi connectivity index (χ2n) is 4.26. The summed E-state index contributed by atoms with van der Waals surface area (Å²) in [7, 11) is 0. The summed E-state index contributed by atoms with van der Waals surface area (Å²) in [6, 6.07) is 1.39. The van der Waals surface area contributed by atoms with Gasteiger partial charge in [-0.3, -0.25) is 9.59 Å². The van der Waals surface area contributed by atoms with Gasteiger partial charge in [0, 0.05) is 12.1 Å². The highest BCUT2D eigenvalue weighted by atomic mass is 32.2. The minimum absolute atomic E-state index is 0.0660. The van der Waals surface area contributed by atoms with Crippen LogP contribution in [0.5, 0.6) is 0 Å². The predicted octanol–water partition coefficient (Wildman–Crippen LogP) is 1.14. The van der Waals surface area contributed by atoms with E-state index >= 15 is 0 Å². The largest absolute Gasteiger partial charge is 0.383 e. The molecule has 1 aromatic rings. The predicted molar refractivity (Wildman–Crippen MR) is 77.1 cm³/mol. The van der Waals surface area contributed by atoms with Gasteiger partial charge in [0.25, 0.3) is 5.56 Å². The van der Waals surface area contributed by atoms with Gasteiger partial charge in [-0.1, -0.05) is 25.6 Å². The molecule has 0 aromatic carbocycles. The van der Waals surface area contributed by atoms with E-state index < -0.39 is 0 Å². The van der Waals surface area contributed by atoms with Gasteiger partial charge in [-0.05, 0) is 19.8 Å². The van der Waals surface area contributed by atoms with E-state index in [0.717, 1.165) is 12.8 Å². The number of aromatic amines is 1. The third-order valence-electron chi connectivity index (χ3n) is 2.73. The van der Waals surface area contributed by atoms with Crippen LogP contribution >= 0.6 is 11.8 Å². The molecule has 0 fully saturated rings. The minimum Gasteiger partial charge on any atom is -0.383 e. The van der Waals surface area contributed by atoms with Crippen molar-refractivity contribution in [3.05, 3.63) is 16.4 Å². The first-order valence-electron chi connectivity index (χ1n) is 6.30. The number of carbonyl (C=O) groups excluding carboxylic acids is 1. The number of nitrogens with two attached hydrogens (primary N) is 1. The highest BCUT2D eigenvalue weighted by Crippen LogP contribution is 2.19. The Morgan fingerprint density at radius 3 is 2.68 bits per heavy atom. The molecule has 7 heteroatoms. The van der Waals surface area contributed by atoms with Gasteiger partial charge in [0.2, 0.25) is 5.91 Å². The minimum atomic E-state index is -0.342. The van der Waals surface area contributed by atoms with Gasteiger partial charge in [0.05, 0.1) is 5.25 Å². The standard InChI is InChI=1S/C12H20N4O2S/c1-4-8(5-2)14-11(18)7(3)19-12-15-9(13)6-10(17)16-12/h6-8H,4-5H2,1-3H3,(H,14,18)(H3,13,15,16,17). The van der Waals surface area contributed by atoms with E-state index in [1.165, 1.54) is 17.8 Å². The third kappa shape index (κ3) is 4.94. The van der Waals surface area contributed by atoms with Crippen molar-refractivity contribution in [3.8, 4) is 0 Å². The molecule has 1 heterocycles. The molecule has 1 amide bonds. The van der Waals surface area contributed by atoms with Crippen LogP contribution in [0, 0.1) is 0 Å². The van der Waals surface area contributed by atoms with E-state index in [1.54, 1.807) is 6.92 Å². The van der Waals surface area contributed by atoms with Crippen molar-refractivity contribution < 1.29 is 4.79 Å². The zero-order valence-corrected chi connectivity index (χ0v) is 12.2. The molecule has 0 saturated carbocycles. The maximum atomic E-state index is 12.0. The second kappa shape index (κ2) is 7.18. The molecule has 0 saturated heterocycles. The summed E-state index contributed by atoms with van der Waals surface area (Å²) in [5.41, 5.74) is 5.17. The van der Waals surface area contributed by atoms with Crippen molar-refractivity contribution in [3.63, 3.8) is 0 Å². The van der Waals surface area contributed by atoms with Gasteiger partial charge in [-0.15, -0.1) is 0 Å². The van der Waals surface area contributed by atoms with Crippen LogP contribution < -0.4 is 16.6 Å². The summed E-state index contributed by atoms with van der Waals surface area (Å²) in [6.07, 6.45) is 1.79. The van der Waals surface area contributed by atoms with E-state index in [4.69, 9.17) is 5.73 Å². The number of carbonyl (C=O) groups is 1. The van der Waals surface area contributed by atoms with E-state index in [2.05, 4.69) is 15.3 Å². The SMILES string of the molecule is CCC(CC)NC(=O)C(C)Sc1nc(N)cc(=O)[nH]1. The number of nitrogens with one attached hydrogen (secondary N) is 2. The first-order chi connectivity index (χ1) is 8.96. The zero-order valence-electron chi connectivity index (χ0n) is 11.4. The first kappa shape index (κ1) is 15.6. The summed E-state index contributed by atoms with van der Waals surface area (Å²) < 4.78 is 0. The summed E-state index contributed by atoms with van der Waals surface area (Å²) in [4.78, 5) is 29.7. The number of aromatic nitrogens is 2. The molecular formula is C12H20N4O2S. The lowest BCUT2D eigenvalue weighted by Crippen LogP contribution is -2.38. The molecule has 0 aliphatic heterocycles. The average Bonchev–Trinajstić information content (AvgIpc) is 2.34. The molecule has 1 unspecified atom stereocenters. The Morgan fingerprint density at radius 2 is 2.16 bits per heavy atom. The second-order valence-corrected chi connectivity index (χ2v) is 5.59. The summed E-state index contributed by atoms with van der Waals surface area (Å²) in [5.74, 6) is 0.0858. The normalized spacial score (nSPS) is 12.4. The first-order valence-corrected chi connectivity index (χ1v) is 7.18. The lowest BCUT2D eigenvalue weighted by Gasteiger charge is -2.17. The van der Waals surface area contributed by atoms with Crippen molar-refractivity contribution in [1.29, 1.82) is 0 Å². The highest BCUT2D eigenvalue weighted by molar-refractivity contribution is 8.00. The molecular weight excluding hydrogens is 264 g/mol. The van der Waals surface area contributed by atoms with Crippen LogP contribution in [0.25, 0.3) is 0 Å². The lowest BCUT2D eigenvalue weighted by atomic mass is 10.2. The molecule has 4 N–H and O–H groups in total. The van der Waals surface area contributed by atoms with Crippen LogP contribution in [-0.2, 0) is 4.79 Å². The van der Waals surface area contributed by atoms with Crippen LogP contribution in [0.2, 0.25) is 0 Å². The summed E-state index contributed by atoms with van der Waals surface area (Å²) >= 11 is 1.18. The van der Waals surface area contributed by atoms with Crippen LogP contribution in [0.15, 0.2) is 16.0 Å². The molecule has 106 valence electrons. The topological polar surface area (TPSA) is 101 Å². The van der Waals surface area contributed by atoms with E-state index in [9.17, 15) is 9.59 Å². The fraction of sp³-hybridized carbons (Fsp3) is 0.583. The third-order valence-corrected chi connectivity index (χ3v) is 3.71. The molecule has 1 atom stereocenters. The molecule has 19 heavy (non-hydrogen) atoms. The summed E-state index contributed by atoms with van der Waals surface area (Å²) in [5, 5.41) is 2.97. The zero-order chi connectivity index (χ0) is 14.4. The molecule has 0 radical (unpaired) electrons. The van der Waals surface area contributed by atoms with Gasteiger partial charge >= 0.3 is 0 Å². The molecule has 1 rings (SSSR count). The van der Waals surface area contributed by atoms with Crippen molar-refractivity contribution in [2.24, 2.45) is 0 Å².